The molecule has 1 aliphatic rings. The van der Waals surface area contributed by atoms with Gasteiger partial charge >= 0.3 is 6.18 Å². The molecule has 1 aromatic heterocycles. The Hall–Kier alpha value is -3.55. The normalized spacial score (nSPS) is 18.1. The van der Waals surface area contributed by atoms with Crippen LogP contribution in [0.5, 0.6) is 11.5 Å². The Kier molecular flexibility index (Phi) is 7.05. The van der Waals surface area contributed by atoms with E-state index in [0.717, 1.165) is 23.3 Å². The maximum Gasteiger partial charge on any atom is 0.422 e. The zero-order chi connectivity index (χ0) is 24.1. The van der Waals surface area contributed by atoms with Crippen LogP contribution in [0.25, 0.3) is 0 Å². The molecule has 5 nitrogen and oxygen atoms in total. The Morgan fingerprint density at radius 3 is 2.38 bits per heavy atom. The molecule has 2 unspecified atom stereocenters. The molecule has 4 rings (SSSR count). The molecule has 3 aromatic rings. The summed E-state index contributed by atoms with van der Waals surface area (Å²) in [6.45, 7) is 0.909. The lowest BCUT2D eigenvalue weighted by Crippen LogP contribution is -2.29. The lowest BCUT2D eigenvalue weighted by atomic mass is 10.1. The van der Waals surface area contributed by atoms with Crippen LogP contribution in [-0.4, -0.2) is 23.7 Å². The van der Waals surface area contributed by atoms with Gasteiger partial charge in [0.15, 0.2) is 6.61 Å². The average molecular weight is 470 g/mol. The molecule has 8 heteroatoms. The first kappa shape index (κ1) is 23.6. The standard InChI is InChI=1S/C26H25F3N2O3/c1-17(24-12-11-21(14-30-24)34-16-26(27,28)29)31-25(32)23-13-22(23)19-7-9-20(10-8-19)33-15-18-5-3-2-4-6-18/h2-12,14,17,22-23H,13,15-16H2,1H3,(H,31,32)/t17-,22?,23?/m0/s1. The molecule has 1 N–H and O–H groups in total. The van der Waals surface area contributed by atoms with Crippen molar-refractivity contribution in [2.75, 3.05) is 6.61 Å². The van der Waals surface area contributed by atoms with E-state index >= 15 is 0 Å². The predicted molar refractivity (Wildman–Crippen MR) is 120 cm³/mol. The Morgan fingerprint density at radius 2 is 1.74 bits per heavy atom. The molecule has 1 saturated carbocycles. The second kappa shape index (κ2) is 10.2. The van der Waals surface area contributed by atoms with Crippen molar-refractivity contribution >= 4 is 5.91 Å². The van der Waals surface area contributed by atoms with Crippen LogP contribution in [-0.2, 0) is 11.4 Å². The second-order valence-corrected chi connectivity index (χ2v) is 8.34. The molecular weight excluding hydrogens is 445 g/mol. The van der Waals surface area contributed by atoms with Gasteiger partial charge in [-0.25, -0.2) is 0 Å². The van der Waals surface area contributed by atoms with Crippen molar-refractivity contribution in [3.63, 3.8) is 0 Å². The highest BCUT2D eigenvalue weighted by atomic mass is 19.4. The third kappa shape index (κ3) is 6.50. The number of carbonyl (C=O) groups excluding carboxylic acids is 1. The van der Waals surface area contributed by atoms with Crippen molar-refractivity contribution in [2.45, 2.75) is 38.1 Å². The molecule has 34 heavy (non-hydrogen) atoms. The van der Waals surface area contributed by atoms with Gasteiger partial charge in [-0.05, 0) is 54.7 Å². The fraction of sp³-hybridized carbons (Fsp3) is 0.308. The highest BCUT2D eigenvalue weighted by Crippen LogP contribution is 2.48. The van der Waals surface area contributed by atoms with Gasteiger partial charge in [0.2, 0.25) is 5.91 Å². The van der Waals surface area contributed by atoms with Crippen LogP contribution in [0, 0.1) is 5.92 Å². The van der Waals surface area contributed by atoms with E-state index in [0.29, 0.717) is 12.3 Å². The Bertz CT molecular complexity index is 1090. The topological polar surface area (TPSA) is 60.5 Å². The fourth-order valence-corrected chi connectivity index (χ4v) is 3.70. The van der Waals surface area contributed by atoms with Crippen molar-refractivity contribution in [3.05, 3.63) is 89.7 Å². The number of alkyl halides is 3. The summed E-state index contributed by atoms with van der Waals surface area (Å²) in [4.78, 5) is 16.8. The van der Waals surface area contributed by atoms with Crippen molar-refractivity contribution in [2.24, 2.45) is 5.92 Å². The summed E-state index contributed by atoms with van der Waals surface area (Å²) in [5.74, 6) is 0.769. The molecule has 3 atom stereocenters. The summed E-state index contributed by atoms with van der Waals surface area (Å²) in [6.07, 6.45) is -2.41. The number of ether oxygens (including phenoxy) is 2. The highest BCUT2D eigenvalue weighted by molar-refractivity contribution is 5.83. The minimum absolute atomic E-state index is 0.0260. The van der Waals surface area contributed by atoms with Crippen molar-refractivity contribution < 1.29 is 27.4 Å². The number of hydrogen-bond acceptors (Lipinski definition) is 4. The first-order valence-corrected chi connectivity index (χ1v) is 11.0. The summed E-state index contributed by atoms with van der Waals surface area (Å²) < 4.78 is 47.2. The molecule has 2 aromatic carbocycles. The van der Waals surface area contributed by atoms with Gasteiger partial charge in [0.05, 0.1) is 17.9 Å². The minimum atomic E-state index is -4.41. The van der Waals surface area contributed by atoms with Gasteiger partial charge in [-0.2, -0.15) is 13.2 Å². The number of nitrogens with one attached hydrogen (secondary N) is 1. The van der Waals surface area contributed by atoms with Crippen LogP contribution in [0.3, 0.4) is 0 Å². The summed E-state index contributed by atoms with van der Waals surface area (Å²) in [6, 6.07) is 20.3. The number of pyridine rings is 1. The first-order valence-electron chi connectivity index (χ1n) is 11.0. The number of aromatic nitrogens is 1. The lowest BCUT2D eigenvalue weighted by Gasteiger charge is -2.14. The number of carbonyl (C=O) groups is 1. The molecule has 1 aliphatic carbocycles. The molecule has 0 bridgehead atoms. The van der Waals surface area contributed by atoms with Crippen LogP contribution in [0.15, 0.2) is 72.9 Å². The van der Waals surface area contributed by atoms with Gasteiger partial charge in [-0.15, -0.1) is 0 Å². The molecule has 0 radical (unpaired) electrons. The van der Waals surface area contributed by atoms with E-state index in [1.807, 2.05) is 54.6 Å². The third-order valence-electron chi connectivity index (χ3n) is 5.65. The average Bonchev–Trinajstić information content (AvgIpc) is 3.63. The Labute approximate surface area is 195 Å². The van der Waals surface area contributed by atoms with Gasteiger partial charge in [0.1, 0.15) is 18.1 Å². The summed E-state index contributed by atoms with van der Waals surface area (Å²) in [5.41, 5.74) is 2.73. The number of halogens is 3. The molecule has 1 fully saturated rings. The maximum absolute atomic E-state index is 12.7. The zero-order valence-electron chi connectivity index (χ0n) is 18.6. The largest absolute Gasteiger partial charge is 0.489 e. The van der Waals surface area contributed by atoms with E-state index in [1.165, 1.54) is 12.3 Å². The Morgan fingerprint density at radius 1 is 1.03 bits per heavy atom. The van der Waals surface area contributed by atoms with Crippen LogP contribution in [0.2, 0.25) is 0 Å². The zero-order valence-corrected chi connectivity index (χ0v) is 18.6. The summed E-state index contributed by atoms with van der Waals surface area (Å²) in [5, 5.41) is 2.94. The van der Waals surface area contributed by atoms with E-state index < -0.39 is 12.8 Å². The summed E-state index contributed by atoms with van der Waals surface area (Å²) >= 11 is 0. The van der Waals surface area contributed by atoms with Crippen LogP contribution < -0.4 is 14.8 Å². The van der Waals surface area contributed by atoms with Crippen molar-refractivity contribution in [1.29, 1.82) is 0 Å². The number of amides is 1. The van der Waals surface area contributed by atoms with Crippen LogP contribution >= 0.6 is 0 Å². The fourth-order valence-electron chi connectivity index (χ4n) is 3.70. The van der Waals surface area contributed by atoms with E-state index in [1.54, 1.807) is 13.0 Å². The van der Waals surface area contributed by atoms with Gasteiger partial charge in [0.25, 0.3) is 0 Å². The second-order valence-electron chi connectivity index (χ2n) is 8.34. The number of benzene rings is 2. The summed E-state index contributed by atoms with van der Waals surface area (Å²) in [7, 11) is 0. The van der Waals surface area contributed by atoms with Gasteiger partial charge in [-0.1, -0.05) is 42.5 Å². The molecule has 0 spiro atoms. The van der Waals surface area contributed by atoms with Crippen molar-refractivity contribution in [1.82, 2.24) is 10.3 Å². The van der Waals surface area contributed by atoms with Gasteiger partial charge < -0.3 is 14.8 Å². The lowest BCUT2D eigenvalue weighted by molar-refractivity contribution is -0.153. The number of nitrogens with zero attached hydrogens (tertiary/aromatic N) is 1. The van der Waals surface area contributed by atoms with E-state index in [2.05, 4.69) is 15.0 Å². The molecule has 1 amide bonds. The highest BCUT2D eigenvalue weighted by Gasteiger charge is 2.44. The van der Waals surface area contributed by atoms with E-state index in [4.69, 9.17) is 4.74 Å². The van der Waals surface area contributed by atoms with Gasteiger partial charge in [-0.3, -0.25) is 9.78 Å². The number of rotatable bonds is 9. The Balaban J connectivity index is 1.25. The maximum atomic E-state index is 12.7. The molecule has 1 heterocycles. The molecule has 178 valence electrons. The van der Waals surface area contributed by atoms with Gasteiger partial charge in [0, 0.05) is 5.92 Å². The quantitative estimate of drug-likeness (QED) is 0.443. The smallest absolute Gasteiger partial charge is 0.422 e. The molecule has 0 aliphatic heterocycles. The monoisotopic (exact) mass is 470 g/mol. The van der Waals surface area contributed by atoms with Crippen LogP contribution in [0.4, 0.5) is 13.2 Å². The SMILES string of the molecule is C[C@H](NC(=O)C1CC1c1ccc(OCc2ccccc2)cc1)c1ccc(OCC(F)(F)F)cn1. The van der Waals surface area contributed by atoms with E-state index in [9.17, 15) is 18.0 Å². The molecule has 0 saturated heterocycles. The number of hydrogen-bond donors (Lipinski definition) is 1. The molecular formula is C26H25F3N2O3. The first-order chi connectivity index (χ1) is 16.3. The minimum Gasteiger partial charge on any atom is -0.489 e. The van der Waals surface area contributed by atoms with E-state index in [-0.39, 0.29) is 29.5 Å². The third-order valence-corrected chi connectivity index (χ3v) is 5.65. The van der Waals surface area contributed by atoms with Crippen LogP contribution in [0.1, 0.15) is 42.1 Å². The predicted octanol–water partition coefficient (Wildman–Crippen LogP) is 5.58. The van der Waals surface area contributed by atoms with Crippen molar-refractivity contribution in [3.8, 4) is 11.5 Å².